The van der Waals surface area contributed by atoms with E-state index in [0.29, 0.717) is 15.6 Å². The molecule has 2 aromatic rings. The molecular weight excluding hydrogens is 396 g/mol. The molecule has 0 amide bonds. The molecule has 104 valence electrons. The molecule has 0 radical (unpaired) electrons. The summed E-state index contributed by atoms with van der Waals surface area (Å²) >= 11 is 6.57. The van der Waals surface area contributed by atoms with E-state index in [2.05, 4.69) is 31.9 Å². The van der Waals surface area contributed by atoms with E-state index < -0.39 is 10.9 Å². The predicted molar refractivity (Wildman–Crippen MR) is 79.0 cm³/mol. The van der Waals surface area contributed by atoms with Crippen LogP contribution in [0.3, 0.4) is 0 Å². The Labute approximate surface area is 130 Å². The molecule has 1 aromatic heterocycles. The monoisotopic (exact) mass is 402 g/mol. The predicted octanol–water partition coefficient (Wildman–Crippen LogP) is 3.67. The van der Waals surface area contributed by atoms with E-state index in [0.717, 1.165) is 5.56 Å². The van der Waals surface area contributed by atoms with Crippen LogP contribution in [0.1, 0.15) is 15.9 Å². The van der Waals surface area contributed by atoms with Crippen LogP contribution >= 0.6 is 31.9 Å². The van der Waals surface area contributed by atoms with Gasteiger partial charge in [0.05, 0.1) is 15.1 Å². The topological polar surface area (TPSA) is 85.4 Å². The van der Waals surface area contributed by atoms with Crippen LogP contribution < -0.4 is 0 Å². The van der Waals surface area contributed by atoms with Gasteiger partial charge in [-0.3, -0.25) is 10.1 Å². The summed E-state index contributed by atoms with van der Waals surface area (Å²) in [6.45, 7) is 0.395. The van der Waals surface area contributed by atoms with Gasteiger partial charge >= 0.3 is 5.97 Å². The first-order valence-corrected chi connectivity index (χ1v) is 6.99. The van der Waals surface area contributed by atoms with Gasteiger partial charge in [-0.1, -0.05) is 15.9 Å². The summed E-state index contributed by atoms with van der Waals surface area (Å²) in [6.07, 6.45) is 1.50. The number of halogens is 2. The Balaban J connectivity index is 2.30. The molecule has 0 atom stereocenters. The number of hydrogen-bond donors (Lipinski definition) is 1. The van der Waals surface area contributed by atoms with E-state index in [4.69, 9.17) is 5.11 Å². The van der Waals surface area contributed by atoms with Crippen LogP contribution in [-0.2, 0) is 6.54 Å². The van der Waals surface area contributed by atoms with Gasteiger partial charge in [-0.15, -0.1) is 0 Å². The van der Waals surface area contributed by atoms with Crippen molar-refractivity contribution in [2.75, 3.05) is 0 Å². The Morgan fingerprint density at radius 1 is 1.35 bits per heavy atom. The maximum Gasteiger partial charge on any atom is 0.337 e. The number of non-ortho nitro benzene ring substituents is 1. The van der Waals surface area contributed by atoms with Crippen molar-refractivity contribution in [2.24, 2.45) is 0 Å². The molecule has 0 aliphatic heterocycles. The van der Waals surface area contributed by atoms with E-state index in [1.165, 1.54) is 24.4 Å². The number of aromatic carboxylic acids is 1. The zero-order valence-electron chi connectivity index (χ0n) is 9.92. The van der Waals surface area contributed by atoms with Crippen LogP contribution in [0.5, 0.6) is 0 Å². The lowest BCUT2D eigenvalue weighted by Gasteiger charge is -2.07. The van der Waals surface area contributed by atoms with Crippen LogP contribution in [0.4, 0.5) is 5.69 Å². The molecule has 1 heterocycles. The maximum atomic E-state index is 10.9. The summed E-state index contributed by atoms with van der Waals surface area (Å²) in [5.41, 5.74) is 0.983. The Bertz CT molecular complexity index is 697. The Hall–Kier alpha value is -1.67. The van der Waals surface area contributed by atoms with Crippen LogP contribution in [0.25, 0.3) is 0 Å². The first kappa shape index (κ1) is 14.7. The minimum Gasteiger partial charge on any atom is -0.478 e. The molecule has 8 heteroatoms. The summed E-state index contributed by atoms with van der Waals surface area (Å²) in [4.78, 5) is 21.1. The second kappa shape index (κ2) is 5.76. The van der Waals surface area contributed by atoms with Gasteiger partial charge in [0.1, 0.15) is 0 Å². The van der Waals surface area contributed by atoms with Crippen LogP contribution in [0.15, 0.2) is 39.5 Å². The smallest absolute Gasteiger partial charge is 0.337 e. The second-order valence-corrected chi connectivity index (χ2v) is 5.68. The van der Waals surface area contributed by atoms with Gasteiger partial charge in [-0.2, -0.15) is 0 Å². The molecule has 0 aliphatic rings. The minimum absolute atomic E-state index is 0.00146. The van der Waals surface area contributed by atoms with Crippen molar-refractivity contribution in [3.8, 4) is 0 Å². The number of carbonyl (C=O) groups is 1. The summed E-state index contributed by atoms with van der Waals surface area (Å²) in [5.74, 6) is -1.01. The number of aromatic nitrogens is 1. The fourth-order valence-corrected chi connectivity index (χ4v) is 2.64. The number of carboxylic acid groups (broad SMARTS) is 1. The van der Waals surface area contributed by atoms with Gasteiger partial charge < -0.3 is 9.67 Å². The van der Waals surface area contributed by atoms with E-state index in [9.17, 15) is 14.9 Å². The molecule has 20 heavy (non-hydrogen) atoms. The number of rotatable bonds is 4. The SMILES string of the molecule is O=C(O)c1cc(Br)n(Cc2ccc([N+](=O)[O-])cc2Br)c1. The highest BCUT2D eigenvalue weighted by Gasteiger charge is 2.13. The van der Waals surface area contributed by atoms with Gasteiger partial charge in [0.2, 0.25) is 0 Å². The zero-order valence-corrected chi connectivity index (χ0v) is 13.1. The van der Waals surface area contributed by atoms with E-state index in [1.54, 1.807) is 10.6 Å². The minimum atomic E-state index is -1.01. The summed E-state index contributed by atoms with van der Waals surface area (Å²) < 4.78 is 2.93. The highest BCUT2D eigenvalue weighted by molar-refractivity contribution is 9.10. The molecule has 0 saturated heterocycles. The van der Waals surface area contributed by atoms with E-state index >= 15 is 0 Å². The molecule has 0 fully saturated rings. The highest BCUT2D eigenvalue weighted by Crippen LogP contribution is 2.25. The number of nitro groups is 1. The van der Waals surface area contributed by atoms with Crippen molar-refractivity contribution >= 4 is 43.5 Å². The van der Waals surface area contributed by atoms with Crippen molar-refractivity contribution in [3.63, 3.8) is 0 Å². The Morgan fingerprint density at radius 2 is 2.05 bits per heavy atom. The molecule has 1 N–H and O–H groups in total. The molecule has 0 unspecified atom stereocenters. The fourth-order valence-electron chi connectivity index (χ4n) is 1.68. The number of nitrogens with zero attached hydrogens (tertiary/aromatic N) is 2. The highest BCUT2D eigenvalue weighted by atomic mass is 79.9. The quantitative estimate of drug-likeness (QED) is 0.623. The third-order valence-electron chi connectivity index (χ3n) is 2.68. The van der Waals surface area contributed by atoms with Crippen molar-refractivity contribution in [3.05, 3.63) is 60.8 Å². The van der Waals surface area contributed by atoms with Crippen molar-refractivity contribution in [1.29, 1.82) is 0 Å². The van der Waals surface area contributed by atoms with Crippen molar-refractivity contribution in [2.45, 2.75) is 6.54 Å². The third-order valence-corrected chi connectivity index (χ3v) is 4.10. The number of hydrogen-bond acceptors (Lipinski definition) is 3. The summed E-state index contributed by atoms with van der Waals surface area (Å²) in [7, 11) is 0. The third kappa shape index (κ3) is 3.07. The lowest BCUT2D eigenvalue weighted by Crippen LogP contribution is -2.00. The maximum absolute atomic E-state index is 10.9. The zero-order chi connectivity index (χ0) is 14.9. The molecule has 6 nitrogen and oxygen atoms in total. The lowest BCUT2D eigenvalue weighted by atomic mass is 10.2. The second-order valence-electron chi connectivity index (χ2n) is 4.02. The fraction of sp³-hybridized carbons (Fsp3) is 0.0833. The molecule has 0 bridgehead atoms. The van der Waals surface area contributed by atoms with Crippen molar-refractivity contribution < 1.29 is 14.8 Å². The van der Waals surface area contributed by atoms with Crippen molar-refractivity contribution in [1.82, 2.24) is 4.57 Å². The number of benzene rings is 1. The standard InChI is InChI=1S/C12H8Br2N2O4/c13-10-4-9(16(19)20)2-1-7(10)5-15-6-8(12(17)18)3-11(15)14/h1-4,6H,5H2,(H,17,18). The number of carboxylic acids is 1. The van der Waals surface area contributed by atoms with Crippen LogP contribution in [0.2, 0.25) is 0 Å². The van der Waals surface area contributed by atoms with Crippen LogP contribution in [0, 0.1) is 10.1 Å². The Morgan fingerprint density at radius 3 is 2.55 bits per heavy atom. The first-order chi connectivity index (χ1) is 9.38. The van der Waals surface area contributed by atoms with Gasteiger partial charge in [0.25, 0.3) is 5.69 Å². The average Bonchev–Trinajstić information content (AvgIpc) is 2.73. The molecule has 1 aromatic carbocycles. The lowest BCUT2D eigenvalue weighted by molar-refractivity contribution is -0.384. The van der Waals surface area contributed by atoms with Gasteiger partial charge in [-0.25, -0.2) is 4.79 Å². The van der Waals surface area contributed by atoms with E-state index in [-0.39, 0.29) is 11.3 Å². The molecule has 0 saturated carbocycles. The molecule has 0 spiro atoms. The summed E-state index contributed by atoms with van der Waals surface area (Å²) in [6, 6.07) is 5.97. The van der Waals surface area contributed by atoms with Gasteiger partial charge in [0.15, 0.2) is 0 Å². The van der Waals surface area contributed by atoms with Gasteiger partial charge in [0, 0.05) is 29.3 Å². The van der Waals surface area contributed by atoms with Crippen LogP contribution in [-0.4, -0.2) is 20.6 Å². The average molecular weight is 404 g/mol. The first-order valence-electron chi connectivity index (χ1n) is 5.40. The Kier molecular flexibility index (Phi) is 4.24. The number of nitro benzene ring substituents is 1. The largest absolute Gasteiger partial charge is 0.478 e. The molecular formula is C12H8Br2N2O4. The summed E-state index contributed by atoms with van der Waals surface area (Å²) in [5, 5.41) is 19.6. The molecule has 2 rings (SSSR count). The normalized spacial score (nSPS) is 10.5. The van der Waals surface area contributed by atoms with E-state index in [1.807, 2.05) is 0 Å². The molecule has 0 aliphatic carbocycles. The van der Waals surface area contributed by atoms with Gasteiger partial charge in [-0.05, 0) is 33.6 Å².